The van der Waals surface area contributed by atoms with Crippen molar-refractivity contribution in [2.45, 2.75) is 19.4 Å². The molecule has 0 radical (unpaired) electrons. The number of halogens is 2. The maximum atomic E-state index is 6.00. The molecule has 3 heteroatoms. The van der Waals surface area contributed by atoms with E-state index in [1.165, 1.54) is 16.7 Å². The second kappa shape index (κ2) is 6.56. The zero-order valence-electron chi connectivity index (χ0n) is 11.1. The minimum Gasteiger partial charge on any atom is -0.313 e. The van der Waals surface area contributed by atoms with E-state index in [-0.39, 0.29) is 6.04 Å². The molecular formula is C16H17BrClN. The molecule has 19 heavy (non-hydrogen) atoms. The van der Waals surface area contributed by atoms with Crippen LogP contribution in [0.15, 0.2) is 46.9 Å². The Balaban J connectivity index is 2.28. The van der Waals surface area contributed by atoms with Gasteiger partial charge in [0.05, 0.1) is 0 Å². The molecule has 0 aromatic heterocycles. The fourth-order valence-corrected chi connectivity index (χ4v) is 3.17. The minimum absolute atomic E-state index is 0.271. The Hall–Kier alpha value is -0.830. The van der Waals surface area contributed by atoms with Gasteiger partial charge in [-0.05, 0) is 49.2 Å². The smallest absolute Gasteiger partial charge is 0.0417 e. The van der Waals surface area contributed by atoms with Crippen LogP contribution in [0.5, 0.6) is 0 Å². The van der Waals surface area contributed by atoms with E-state index in [1.54, 1.807) is 0 Å². The molecule has 1 nitrogen and oxygen atoms in total. The van der Waals surface area contributed by atoms with Crippen LogP contribution in [0.3, 0.4) is 0 Å². The lowest BCUT2D eigenvalue weighted by molar-refractivity contribution is 0.588. The van der Waals surface area contributed by atoms with Gasteiger partial charge in [-0.2, -0.15) is 0 Å². The molecule has 0 bridgehead atoms. The summed E-state index contributed by atoms with van der Waals surface area (Å²) in [5.41, 5.74) is 3.92. The van der Waals surface area contributed by atoms with E-state index >= 15 is 0 Å². The SMILES string of the molecule is CNC(Cc1ccccc1C)c1ccc(Cl)cc1Br. The van der Waals surface area contributed by atoms with E-state index in [0.717, 1.165) is 15.9 Å². The zero-order valence-corrected chi connectivity index (χ0v) is 13.4. The topological polar surface area (TPSA) is 12.0 Å². The Labute approximate surface area is 128 Å². The van der Waals surface area contributed by atoms with Gasteiger partial charge in [-0.25, -0.2) is 0 Å². The number of nitrogens with one attached hydrogen (secondary N) is 1. The van der Waals surface area contributed by atoms with Crippen molar-refractivity contribution < 1.29 is 0 Å². The summed E-state index contributed by atoms with van der Waals surface area (Å²) in [5.74, 6) is 0. The Morgan fingerprint density at radius 2 is 1.95 bits per heavy atom. The van der Waals surface area contributed by atoms with Crippen molar-refractivity contribution in [1.29, 1.82) is 0 Å². The molecule has 1 N–H and O–H groups in total. The van der Waals surface area contributed by atoms with Crippen LogP contribution in [-0.2, 0) is 6.42 Å². The minimum atomic E-state index is 0.271. The predicted molar refractivity (Wildman–Crippen MR) is 85.8 cm³/mol. The summed E-state index contributed by atoms with van der Waals surface area (Å²) in [4.78, 5) is 0. The van der Waals surface area contributed by atoms with Crippen LogP contribution in [-0.4, -0.2) is 7.05 Å². The fraction of sp³-hybridized carbons (Fsp3) is 0.250. The van der Waals surface area contributed by atoms with Gasteiger partial charge in [0, 0.05) is 15.5 Å². The van der Waals surface area contributed by atoms with E-state index in [4.69, 9.17) is 11.6 Å². The molecular weight excluding hydrogens is 322 g/mol. The summed E-state index contributed by atoms with van der Waals surface area (Å²) < 4.78 is 1.05. The number of likely N-dealkylation sites (N-methyl/N-ethyl adjacent to an activating group) is 1. The van der Waals surface area contributed by atoms with Gasteiger partial charge in [-0.15, -0.1) is 0 Å². The molecule has 0 amide bonds. The maximum Gasteiger partial charge on any atom is 0.0417 e. The Morgan fingerprint density at radius 3 is 2.58 bits per heavy atom. The summed E-state index contributed by atoms with van der Waals surface area (Å²) in [7, 11) is 1.99. The van der Waals surface area contributed by atoms with Crippen LogP contribution < -0.4 is 5.32 Å². The van der Waals surface area contributed by atoms with Gasteiger partial charge in [0.2, 0.25) is 0 Å². The molecule has 2 aromatic carbocycles. The molecule has 0 aliphatic carbocycles. The van der Waals surface area contributed by atoms with Crippen molar-refractivity contribution in [3.8, 4) is 0 Å². The van der Waals surface area contributed by atoms with Gasteiger partial charge in [0.25, 0.3) is 0 Å². The van der Waals surface area contributed by atoms with Crippen LogP contribution in [0.4, 0.5) is 0 Å². The van der Waals surface area contributed by atoms with Gasteiger partial charge >= 0.3 is 0 Å². The van der Waals surface area contributed by atoms with Crippen LogP contribution in [0.1, 0.15) is 22.7 Å². The first-order valence-corrected chi connectivity index (χ1v) is 7.45. The molecule has 0 fully saturated rings. The standard InChI is InChI=1S/C16H17BrClN/c1-11-5-3-4-6-12(11)9-16(19-2)14-8-7-13(18)10-15(14)17/h3-8,10,16,19H,9H2,1-2H3. The highest BCUT2D eigenvalue weighted by atomic mass is 79.9. The van der Waals surface area contributed by atoms with E-state index in [9.17, 15) is 0 Å². The Kier molecular flexibility index (Phi) is 5.03. The summed E-state index contributed by atoms with van der Waals surface area (Å²) in [6.45, 7) is 2.15. The van der Waals surface area contributed by atoms with Crippen molar-refractivity contribution in [1.82, 2.24) is 5.32 Å². The first kappa shape index (κ1) is 14.6. The Morgan fingerprint density at radius 1 is 1.21 bits per heavy atom. The maximum absolute atomic E-state index is 6.00. The average molecular weight is 339 g/mol. The summed E-state index contributed by atoms with van der Waals surface area (Å²) in [5, 5.41) is 4.13. The van der Waals surface area contributed by atoms with Gasteiger partial charge in [-0.1, -0.05) is 57.9 Å². The molecule has 1 atom stereocenters. The highest BCUT2D eigenvalue weighted by Gasteiger charge is 2.14. The first-order chi connectivity index (χ1) is 9.11. The third-order valence-electron chi connectivity index (χ3n) is 3.37. The third-order valence-corrected chi connectivity index (χ3v) is 4.29. The number of hydrogen-bond acceptors (Lipinski definition) is 1. The molecule has 0 aliphatic heterocycles. The number of hydrogen-bond donors (Lipinski definition) is 1. The van der Waals surface area contributed by atoms with Gasteiger partial charge in [0.1, 0.15) is 0 Å². The van der Waals surface area contributed by atoms with Crippen molar-refractivity contribution in [2.75, 3.05) is 7.05 Å². The molecule has 100 valence electrons. The van der Waals surface area contributed by atoms with Gasteiger partial charge in [0.15, 0.2) is 0 Å². The summed E-state index contributed by atoms with van der Waals surface area (Å²) in [6, 6.07) is 14.7. The second-order valence-corrected chi connectivity index (χ2v) is 5.93. The van der Waals surface area contributed by atoms with Gasteiger partial charge < -0.3 is 5.32 Å². The third kappa shape index (κ3) is 3.59. The largest absolute Gasteiger partial charge is 0.313 e. The lowest BCUT2D eigenvalue weighted by Gasteiger charge is -2.19. The van der Waals surface area contributed by atoms with Crippen LogP contribution >= 0.6 is 27.5 Å². The molecule has 0 aliphatic rings. The highest BCUT2D eigenvalue weighted by molar-refractivity contribution is 9.10. The summed E-state index contributed by atoms with van der Waals surface area (Å²) >= 11 is 9.60. The molecule has 0 heterocycles. The average Bonchev–Trinajstić information content (AvgIpc) is 2.39. The lowest BCUT2D eigenvalue weighted by atomic mass is 9.96. The van der Waals surface area contributed by atoms with Crippen LogP contribution in [0.2, 0.25) is 5.02 Å². The van der Waals surface area contributed by atoms with E-state index in [2.05, 4.69) is 58.5 Å². The summed E-state index contributed by atoms with van der Waals surface area (Å²) in [6.07, 6.45) is 0.962. The monoisotopic (exact) mass is 337 g/mol. The number of aryl methyl sites for hydroxylation is 1. The molecule has 0 saturated carbocycles. The number of benzene rings is 2. The van der Waals surface area contributed by atoms with Crippen molar-refractivity contribution in [3.63, 3.8) is 0 Å². The van der Waals surface area contributed by atoms with Crippen molar-refractivity contribution in [3.05, 3.63) is 68.7 Å². The molecule has 2 rings (SSSR count). The molecule has 2 aromatic rings. The van der Waals surface area contributed by atoms with Gasteiger partial charge in [-0.3, -0.25) is 0 Å². The highest BCUT2D eigenvalue weighted by Crippen LogP contribution is 2.29. The van der Waals surface area contributed by atoms with E-state index in [1.807, 2.05) is 19.2 Å². The van der Waals surface area contributed by atoms with Crippen LogP contribution in [0, 0.1) is 6.92 Å². The normalized spacial score (nSPS) is 12.4. The van der Waals surface area contributed by atoms with E-state index < -0.39 is 0 Å². The number of rotatable bonds is 4. The first-order valence-electron chi connectivity index (χ1n) is 6.28. The van der Waals surface area contributed by atoms with Crippen LogP contribution in [0.25, 0.3) is 0 Å². The predicted octanol–water partition coefficient (Wildman–Crippen LogP) is 4.91. The fourth-order valence-electron chi connectivity index (χ4n) is 2.21. The second-order valence-electron chi connectivity index (χ2n) is 4.64. The lowest BCUT2D eigenvalue weighted by Crippen LogP contribution is -2.19. The molecule has 0 spiro atoms. The van der Waals surface area contributed by atoms with Crippen molar-refractivity contribution in [2.24, 2.45) is 0 Å². The van der Waals surface area contributed by atoms with Crippen molar-refractivity contribution >= 4 is 27.5 Å². The van der Waals surface area contributed by atoms with E-state index in [0.29, 0.717) is 0 Å². The quantitative estimate of drug-likeness (QED) is 0.835. The zero-order chi connectivity index (χ0) is 13.8. The molecule has 1 unspecified atom stereocenters. The Bertz CT molecular complexity index is 568. The molecule has 0 saturated heterocycles.